The summed E-state index contributed by atoms with van der Waals surface area (Å²) in [6.07, 6.45) is 8.47. The zero-order valence-corrected chi connectivity index (χ0v) is 14.5. The highest BCUT2D eigenvalue weighted by molar-refractivity contribution is 5.93. The van der Waals surface area contributed by atoms with E-state index in [0.29, 0.717) is 11.8 Å². The van der Waals surface area contributed by atoms with E-state index in [-0.39, 0.29) is 35.1 Å². The molecular formula is C20H24O4. The number of carbonyl (C=O) groups excluding carboxylic acids is 1. The Kier molecular flexibility index (Phi) is 2.79. The highest BCUT2D eigenvalue weighted by Crippen LogP contribution is 2.68. The first kappa shape index (κ1) is 14.8. The number of allylic oxidation sites excluding steroid dienone is 1. The summed E-state index contributed by atoms with van der Waals surface area (Å²) in [6, 6.07) is 1.99. The fourth-order valence-corrected chi connectivity index (χ4v) is 6.24. The zero-order chi connectivity index (χ0) is 16.7. The van der Waals surface area contributed by atoms with E-state index in [1.165, 1.54) is 0 Å². The van der Waals surface area contributed by atoms with Gasteiger partial charge < -0.3 is 13.9 Å². The maximum absolute atomic E-state index is 12.5. The maximum Gasteiger partial charge on any atom is 0.334 e. The first-order valence-corrected chi connectivity index (χ1v) is 9.05. The molecule has 7 atom stereocenters. The summed E-state index contributed by atoms with van der Waals surface area (Å²) in [5.41, 5.74) is 1.92. The third kappa shape index (κ3) is 1.56. The molecule has 0 radical (unpaired) electrons. The topological polar surface area (TPSA) is 48.7 Å². The fraction of sp³-hybridized carbons (Fsp3) is 0.650. The Morgan fingerprint density at radius 3 is 2.88 bits per heavy atom. The van der Waals surface area contributed by atoms with E-state index < -0.39 is 0 Å². The average molecular weight is 328 g/mol. The first-order chi connectivity index (χ1) is 11.5. The fourth-order valence-electron chi connectivity index (χ4n) is 6.24. The largest absolute Gasteiger partial charge is 0.472 e. The smallest absolute Gasteiger partial charge is 0.334 e. The number of fused-ring (bicyclic) bond motifs is 4. The molecule has 1 aromatic rings. The average Bonchev–Trinajstić information content (AvgIpc) is 3.16. The van der Waals surface area contributed by atoms with Crippen molar-refractivity contribution in [2.45, 2.75) is 58.3 Å². The van der Waals surface area contributed by atoms with Crippen LogP contribution in [0.2, 0.25) is 0 Å². The van der Waals surface area contributed by atoms with Crippen molar-refractivity contribution in [1.29, 1.82) is 0 Å². The van der Waals surface area contributed by atoms with E-state index in [2.05, 4.69) is 26.8 Å². The third-order valence-electron chi connectivity index (χ3n) is 7.64. The molecule has 4 nitrogen and oxygen atoms in total. The van der Waals surface area contributed by atoms with Crippen LogP contribution in [0.4, 0.5) is 0 Å². The van der Waals surface area contributed by atoms with Crippen molar-refractivity contribution >= 4 is 5.97 Å². The molecule has 2 saturated heterocycles. The normalized spacial score (nSPS) is 49.4. The maximum atomic E-state index is 12.5. The standard InChI is InChI=1S/C20H24O4/c1-11-16-17-20(3)13(18(21)24-17)5-4-6-15(20)19(11,2)9-14(23-16)12-7-8-22-10-12/h5,7-8,10-11,14-17H,4,6,9H2,1-3H3/t11-,14-,15+,16+,17+,19-,20-/m0/s1. The van der Waals surface area contributed by atoms with Crippen LogP contribution in [0.1, 0.15) is 51.7 Å². The van der Waals surface area contributed by atoms with Crippen molar-refractivity contribution in [3.63, 3.8) is 0 Å². The van der Waals surface area contributed by atoms with Gasteiger partial charge in [0.2, 0.25) is 0 Å². The molecule has 0 unspecified atom stereocenters. The van der Waals surface area contributed by atoms with Crippen molar-refractivity contribution < 1.29 is 18.7 Å². The molecule has 1 saturated carbocycles. The van der Waals surface area contributed by atoms with Crippen molar-refractivity contribution in [2.75, 3.05) is 0 Å². The second-order valence-electron chi connectivity index (χ2n) is 8.50. The summed E-state index contributed by atoms with van der Waals surface area (Å²) in [5, 5.41) is 0. The number of carbonyl (C=O) groups is 1. The van der Waals surface area contributed by atoms with Crippen LogP contribution in [-0.2, 0) is 14.3 Å². The van der Waals surface area contributed by atoms with Crippen LogP contribution >= 0.6 is 0 Å². The Hall–Kier alpha value is -1.55. The molecule has 0 aromatic carbocycles. The van der Waals surface area contributed by atoms with Crippen molar-refractivity contribution in [1.82, 2.24) is 0 Å². The summed E-state index contributed by atoms with van der Waals surface area (Å²) >= 11 is 0. The lowest BCUT2D eigenvalue weighted by molar-refractivity contribution is -0.256. The number of rotatable bonds is 1. The molecule has 1 aromatic heterocycles. The molecule has 2 bridgehead atoms. The second-order valence-corrected chi connectivity index (χ2v) is 8.50. The lowest BCUT2D eigenvalue weighted by atomic mass is 9.44. The van der Waals surface area contributed by atoms with Gasteiger partial charge in [-0.3, -0.25) is 0 Å². The van der Waals surface area contributed by atoms with Crippen LogP contribution in [0.25, 0.3) is 0 Å². The molecule has 24 heavy (non-hydrogen) atoms. The molecule has 3 fully saturated rings. The van der Waals surface area contributed by atoms with Gasteiger partial charge in [0.25, 0.3) is 0 Å². The molecule has 0 N–H and O–H groups in total. The molecule has 4 heteroatoms. The number of ether oxygens (including phenoxy) is 2. The lowest BCUT2D eigenvalue weighted by Crippen LogP contribution is -2.64. The van der Waals surface area contributed by atoms with E-state index in [1.54, 1.807) is 12.5 Å². The molecule has 5 rings (SSSR count). The van der Waals surface area contributed by atoms with E-state index in [4.69, 9.17) is 13.9 Å². The van der Waals surface area contributed by atoms with Crippen LogP contribution in [0, 0.1) is 22.7 Å². The zero-order valence-electron chi connectivity index (χ0n) is 14.5. The van der Waals surface area contributed by atoms with E-state index in [9.17, 15) is 4.79 Å². The highest BCUT2D eigenvalue weighted by atomic mass is 16.6. The molecule has 128 valence electrons. The number of hydrogen-bond donors (Lipinski definition) is 0. The van der Waals surface area contributed by atoms with E-state index in [1.807, 2.05) is 6.07 Å². The minimum Gasteiger partial charge on any atom is -0.472 e. The van der Waals surface area contributed by atoms with E-state index >= 15 is 0 Å². The summed E-state index contributed by atoms with van der Waals surface area (Å²) in [6.45, 7) is 6.91. The summed E-state index contributed by atoms with van der Waals surface area (Å²) in [5.74, 6) is 0.694. The Morgan fingerprint density at radius 2 is 2.12 bits per heavy atom. The van der Waals surface area contributed by atoms with Crippen molar-refractivity contribution in [2.24, 2.45) is 22.7 Å². The molecule has 3 heterocycles. The molecule has 4 aliphatic rings. The van der Waals surface area contributed by atoms with E-state index in [0.717, 1.165) is 30.4 Å². The second kappa shape index (κ2) is 4.54. The Balaban J connectivity index is 1.64. The predicted molar refractivity (Wildman–Crippen MR) is 87.0 cm³/mol. The van der Waals surface area contributed by atoms with Gasteiger partial charge in [-0.15, -0.1) is 0 Å². The Bertz CT molecular complexity index is 720. The Labute approximate surface area is 142 Å². The van der Waals surface area contributed by atoms with Crippen molar-refractivity contribution in [3.05, 3.63) is 35.8 Å². The van der Waals surface area contributed by atoms with Crippen LogP contribution in [-0.4, -0.2) is 18.2 Å². The lowest BCUT2D eigenvalue weighted by Gasteiger charge is -2.63. The predicted octanol–water partition coefficient (Wildman–Crippen LogP) is 4.03. The number of furan rings is 1. The molecule has 0 amide bonds. The SMILES string of the molecule is C[C@H]1[C@H]2O[C@H](c3ccoc3)C[C@]1(C)[C@H]1CCC=C3C(=O)O[C@H]2[C@@]31C. The summed E-state index contributed by atoms with van der Waals surface area (Å²) in [4.78, 5) is 12.5. The van der Waals surface area contributed by atoms with Gasteiger partial charge in [-0.2, -0.15) is 0 Å². The molecular weight excluding hydrogens is 304 g/mol. The van der Waals surface area contributed by atoms with Gasteiger partial charge in [-0.25, -0.2) is 4.79 Å². The first-order valence-electron chi connectivity index (χ1n) is 9.05. The summed E-state index contributed by atoms with van der Waals surface area (Å²) < 4.78 is 17.7. The monoisotopic (exact) mass is 328 g/mol. The molecule has 2 aliphatic carbocycles. The minimum absolute atomic E-state index is 0.0214. The van der Waals surface area contributed by atoms with Crippen LogP contribution in [0.15, 0.2) is 34.7 Å². The minimum atomic E-state index is -0.206. The van der Waals surface area contributed by atoms with Crippen molar-refractivity contribution in [3.8, 4) is 0 Å². The van der Waals surface area contributed by atoms with Crippen LogP contribution in [0.3, 0.4) is 0 Å². The van der Waals surface area contributed by atoms with Gasteiger partial charge in [0.05, 0.1) is 24.7 Å². The van der Waals surface area contributed by atoms with Gasteiger partial charge in [0.1, 0.15) is 6.10 Å². The van der Waals surface area contributed by atoms with Gasteiger partial charge in [0.15, 0.2) is 0 Å². The number of esters is 1. The summed E-state index contributed by atoms with van der Waals surface area (Å²) in [7, 11) is 0. The number of hydrogen-bond acceptors (Lipinski definition) is 4. The quantitative estimate of drug-likeness (QED) is 0.730. The third-order valence-corrected chi connectivity index (χ3v) is 7.64. The molecule has 2 aliphatic heterocycles. The highest BCUT2D eigenvalue weighted by Gasteiger charge is 2.70. The van der Waals surface area contributed by atoms with Gasteiger partial charge in [-0.05, 0) is 42.6 Å². The van der Waals surface area contributed by atoms with Crippen LogP contribution in [0.5, 0.6) is 0 Å². The molecule has 0 spiro atoms. The Morgan fingerprint density at radius 1 is 1.29 bits per heavy atom. The van der Waals surface area contributed by atoms with Gasteiger partial charge in [-0.1, -0.05) is 26.8 Å². The van der Waals surface area contributed by atoms with Gasteiger partial charge in [0, 0.05) is 16.6 Å². The van der Waals surface area contributed by atoms with Crippen LogP contribution < -0.4 is 0 Å². The van der Waals surface area contributed by atoms with Gasteiger partial charge >= 0.3 is 5.97 Å².